The Labute approximate surface area is 126 Å². The van der Waals surface area contributed by atoms with Crippen LogP contribution in [0.15, 0.2) is 22.7 Å². The van der Waals surface area contributed by atoms with Gasteiger partial charge in [0.05, 0.1) is 13.2 Å². The summed E-state index contributed by atoms with van der Waals surface area (Å²) in [5.74, 6) is 5.38. The van der Waals surface area contributed by atoms with Gasteiger partial charge in [0.1, 0.15) is 5.75 Å². The first-order valence-electron chi connectivity index (χ1n) is 6.40. The monoisotopic (exact) mass is 343 g/mol. The average molecular weight is 344 g/mol. The summed E-state index contributed by atoms with van der Waals surface area (Å²) in [7, 11) is 0. The molecular formula is C13H18BrN3O3. The van der Waals surface area contributed by atoms with E-state index in [1.54, 1.807) is 0 Å². The van der Waals surface area contributed by atoms with E-state index in [1.165, 1.54) is 0 Å². The minimum Gasteiger partial charge on any atom is -0.483 e. The van der Waals surface area contributed by atoms with Crippen LogP contribution in [0.2, 0.25) is 0 Å². The lowest BCUT2D eigenvalue weighted by atomic mass is 10.2. The number of hydrazine groups is 1. The van der Waals surface area contributed by atoms with Crippen LogP contribution in [0.5, 0.6) is 5.75 Å². The van der Waals surface area contributed by atoms with E-state index in [1.807, 2.05) is 23.6 Å². The number of carbonyl (C=O) groups is 1. The van der Waals surface area contributed by atoms with Crippen LogP contribution in [0.3, 0.4) is 0 Å². The lowest BCUT2D eigenvalue weighted by Gasteiger charge is -2.27. The summed E-state index contributed by atoms with van der Waals surface area (Å²) >= 11 is 3.46. The van der Waals surface area contributed by atoms with Gasteiger partial charge in [0.15, 0.2) is 6.61 Å². The zero-order chi connectivity index (χ0) is 14.4. The topological polar surface area (TPSA) is 76.8 Å². The lowest BCUT2D eigenvalue weighted by molar-refractivity contribution is -0.123. The molecule has 7 heteroatoms. The number of ether oxygens (including phenoxy) is 2. The van der Waals surface area contributed by atoms with Gasteiger partial charge in [0, 0.05) is 29.7 Å². The van der Waals surface area contributed by atoms with Crippen molar-refractivity contribution in [3.8, 4) is 5.75 Å². The van der Waals surface area contributed by atoms with Crippen molar-refractivity contribution in [2.45, 2.75) is 6.54 Å². The van der Waals surface area contributed by atoms with Crippen LogP contribution in [-0.4, -0.2) is 43.7 Å². The van der Waals surface area contributed by atoms with Crippen molar-refractivity contribution in [3.63, 3.8) is 0 Å². The fourth-order valence-corrected chi connectivity index (χ4v) is 2.41. The maximum atomic E-state index is 11.2. The molecule has 1 aliphatic heterocycles. The van der Waals surface area contributed by atoms with Gasteiger partial charge in [-0.1, -0.05) is 15.9 Å². The highest BCUT2D eigenvalue weighted by Gasteiger charge is 2.14. The number of nitrogens with zero attached hydrogens (tertiary/aromatic N) is 1. The number of nitrogens with two attached hydrogens (primary N) is 1. The second kappa shape index (κ2) is 7.58. The number of amides is 1. The molecule has 1 saturated heterocycles. The lowest BCUT2D eigenvalue weighted by Crippen LogP contribution is -2.36. The molecule has 1 aromatic carbocycles. The predicted octanol–water partition coefficient (Wildman–Crippen LogP) is 0.650. The number of nitrogens with one attached hydrogen (secondary N) is 1. The fraction of sp³-hybridized carbons (Fsp3) is 0.462. The first-order chi connectivity index (χ1) is 9.69. The Hall–Kier alpha value is -1.15. The standard InChI is InChI=1S/C13H18BrN3O3/c14-11-1-2-12(20-9-13(18)16-15)10(7-11)8-17-3-5-19-6-4-17/h1-2,7H,3-6,8-9,15H2,(H,16,18). The number of hydrogen-bond donors (Lipinski definition) is 2. The quantitative estimate of drug-likeness (QED) is 0.466. The Morgan fingerprint density at radius 1 is 1.45 bits per heavy atom. The minimum absolute atomic E-state index is 0.0890. The van der Waals surface area contributed by atoms with Gasteiger partial charge in [-0.2, -0.15) is 0 Å². The number of morpholine rings is 1. The minimum atomic E-state index is -0.356. The molecule has 6 nitrogen and oxygen atoms in total. The van der Waals surface area contributed by atoms with Gasteiger partial charge in [0.25, 0.3) is 5.91 Å². The highest BCUT2D eigenvalue weighted by molar-refractivity contribution is 9.10. The maximum absolute atomic E-state index is 11.2. The van der Waals surface area contributed by atoms with Crippen LogP contribution in [0.1, 0.15) is 5.56 Å². The summed E-state index contributed by atoms with van der Waals surface area (Å²) < 4.78 is 11.8. The molecule has 0 aliphatic carbocycles. The summed E-state index contributed by atoms with van der Waals surface area (Å²) in [6.07, 6.45) is 0. The zero-order valence-electron chi connectivity index (χ0n) is 11.1. The molecule has 110 valence electrons. The van der Waals surface area contributed by atoms with Gasteiger partial charge >= 0.3 is 0 Å². The molecule has 1 heterocycles. The van der Waals surface area contributed by atoms with E-state index in [-0.39, 0.29) is 12.5 Å². The molecule has 3 N–H and O–H groups in total. The van der Waals surface area contributed by atoms with Crippen molar-refractivity contribution in [2.75, 3.05) is 32.9 Å². The molecule has 1 amide bonds. The summed E-state index contributed by atoms with van der Waals surface area (Å²) in [6, 6.07) is 5.74. The Kier molecular flexibility index (Phi) is 5.78. The van der Waals surface area contributed by atoms with Gasteiger partial charge in [-0.3, -0.25) is 15.1 Å². The molecule has 0 aromatic heterocycles. The summed E-state index contributed by atoms with van der Waals surface area (Å²) in [6.45, 7) is 3.97. The van der Waals surface area contributed by atoms with Gasteiger partial charge in [-0.25, -0.2) is 5.84 Å². The summed E-state index contributed by atoms with van der Waals surface area (Å²) in [4.78, 5) is 13.4. The Morgan fingerprint density at radius 2 is 2.20 bits per heavy atom. The van der Waals surface area contributed by atoms with Crippen molar-refractivity contribution >= 4 is 21.8 Å². The third-order valence-electron chi connectivity index (χ3n) is 3.04. The predicted molar refractivity (Wildman–Crippen MR) is 78.1 cm³/mol. The molecule has 0 saturated carbocycles. The molecule has 20 heavy (non-hydrogen) atoms. The van der Waals surface area contributed by atoms with Crippen LogP contribution in [0.4, 0.5) is 0 Å². The number of halogens is 1. The Morgan fingerprint density at radius 3 is 2.90 bits per heavy atom. The average Bonchev–Trinajstić information content (AvgIpc) is 2.47. The van der Waals surface area contributed by atoms with Crippen LogP contribution >= 0.6 is 15.9 Å². The molecule has 1 aromatic rings. The maximum Gasteiger partial charge on any atom is 0.271 e. The smallest absolute Gasteiger partial charge is 0.271 e. The zero-order valence-corrected chi connectivity index (χ0v) is 12.7. The fourth-order valence-electron chi connectivity index (χ4n) is 2.00. The molecule has 0 spiro atoms. The van der Waals surface area contributed by atoms with Crippen molar-refractivity contribution in [1.82, 2.24) is 10.3 Å². The molecule has 0 radical (unpaired) electrons. The van der Waals surface area contributed by atoms with Crippen LogP contribution < -0.4 is 16.0 Å². The number of benzene rings is 1. The molecule has 0 bridgehead atoms. The molecule has 1 aliphatic rings. The van der Waals surface area contributed by atoms with Gasteiger partial charge in [-0.05, 0) is 18.2 Å². The highest BCUT2D eigenvalue weighted by atomic mass is 79.9. The SMILES string of the molecule is NNC(=O)COc1ccc(Br)cc1CN1CCOCC1. The summed E-state index contributed by atoms with van der Waals surface area (Å²) in [5.41, 5.74) is 3.08. The van der Waals surface area contributed by atoms with Gasteiger partial charge in [0.2, 0.25) is 0 Å². The van der Waals surface area contributed by atoms with E-state index in [2.05, 4.69) is 20.8 Å². The van der Waals surface area contributed by atoms with Crippen molar-refractivity contribution in [2.24, 2.45) is 5.84 Å². The Balaban J connectivity index is 2.04. The third kappa shape index (κ3) is 4.45. The van der Waals surface area contributed by atoms with Gasteiger partial charge in [-0.15, -0.1) is 0 Å². The van der Waals surface area contributed by atoms with Crippen LogP contribution in [0.25, 0.3) is 0 Å². The molecule has 0 atom stereocenters. The number of hydrogen-bond acceptors (Lipinski definition) is 5. The number of carbonyl (C=O) groups excluding carboxylic acids is 1. The van der Waals surface area contributed by atoms with Crippen molar-refractivity contribution in [3.05, 3.63) is 28.2 Å². The van der Waals surface area contributed by atoms with Crippen molar-refractivity contribution < 1.29 is 14.3 Å². The largest absolute Gasteiger partial charge is 0.483 e. The van der Waals surface area contributed by atoms with Crippen LogP contribution in [-0.2, 0) is 16.1 Å². The van der Waals surface area contributed by atoms with E-state index >= 15 is 0 Å². The van der Waals surface area contributed by atoms with Gasteiger partial charge < -0.3 is 9.47 Å². The highest BCUT2D eigenvalue weighted by Crippen LogP contribution is 2.25. The number of rotatable bonds is 5. The van der Waals surface area contributed by atoms with E-state index in [4.69, 9.17) is 15.3 Å². The molecular weight excluding hydrogens is 326 g/mol. The second-order valence-electron chi connectivity index (χ2n) is 4.50. The van der Waals surface area contributed by atoms with E-state index in [0.717, 1.165) is 42.9 Å². The van der Waals surface area contributed by atoms with Crippen molar-refractivity contribution in [1.29, 1.82) is 0 Å². The first-order valence-corrected chi connectivity index (χ1v) is 7.19. The second-order valence-corrected chi connectivity index (χ2v) is 5.41. The third-order valence-corrected chi connectivity index (χ3v) is 3.53. The van der Waals surface area contributed by atoms with E-state index < -0.39 is 0 Å². The molecule has 2 rings (SSSR count). The summed E-state index contributed by atoms with van der Waals surface area (Å²) in [5, 5.41) is 0. The molecule has 0 unspecified atom stereocenters. The Bertz CT molecular complexity index is 464. The van der Waals surface area contributed by atoms with Crippen LogP contribution in [0, 0.1) is 0 Å². The molecule has 1 fully saturated rings. The van der Waals surface area contributed by atoms with E-state index in [9.17, 15) is 4.79 Å². The normalized spacial score (nSPS) is 15.9. The first kappa shape index (κ1) is 15.2. The van der Waals surface area contributed by atoms with E-state index in [0.29, 0.717) is 5.75 Å².